The van der Waals surface area contributed by atoms with E-state index in [2.05, 4.69) is 20.3 Å². The van der Waals surface area contributed by atoms with Gasteiger partial charge in [0.1, 0.15) is 11.6 Å². The molecule has 26 heavy (non-hydrogen) atoms. The Bertz CT molecular complexity index is 724. The summed E-state index contributed by atoms with van der Waals surface area (Å²) in [5.41, 5.74) is 6.83. The van der Waals surface area contributed by atoms with Crippen LogP contribution in [0.2, 0.25) is 0 Å². The molecule has 0 radical (unpaired) electrons. The molecule has 0 aliphatic rings. The third kappa shape index (κ3) is 6.40. The molecule has 0 fully saturated rings. The standard InChI is InChI=1S/C17H24N6O2S/c1-23(2)17-21-14(20-16(18)22-17)10-26-11-15(24)19-9-8-12-4-6-13(25-3)7-5-12/h4-7H,8-11H2,1-3H3,(H,19,24)(H2,18,20,21,22). The number of amides is 1. The molecule has 3 N–H and O–H groups in total. The van der Waals surface area contributed by atoms with Crippen molar-refractivity contribution < 1.29 is 9.53 Å². The minimum Gasteiger partial charge on any atom is -0.497 e. The molecular formula is C17H24N6O2S. The summed E-state index contributed by atoms with van der Waals surface area (Å²) in [6.07, 6.45) is 0.774. The lowest BCUT2D eigenvalue weighted by molar-refractivity contribution is -0.118. The van der Waals surface area contributed by atoms with Crippen molar-refractivity contribution in [1.82, 2.24) is 20.3 Å². The molecule has 0 aliphatic carbocycles. The maximum atomic E-state index is 11.9. The van der Waals surface area contributed by atoms with Gasteiger partial charge in [0.15, 0.2) is 0 Å². The molecule has 1 aromatic carbocycles. The predicted molar refractivity (Wildman–Crippen MR) is 104 cm³/mol. The van der Waals surface area contributed by atoms with E-state index in [9.17, 15) is 4.79 Å². The fourth-order valence-corrected chi connectivity index (χ4v) is 2.82. The van der Waals surface area contributed by atoms with Crippen LogP contribution in [0.3, 0.4) is 0 Å². The Morgan fingerprint density at radius 2 is 1.96 bits per heavy atom. The smallest absolute Gasteiger partial charge is 0.230 e. The topological polar surface area (TPSA) is 106 Å². The molecule has 1 heterocycles. The molecule has 0 saturated heterocycles. The molecule has 1 amide bonds. The van der Waals surface area contributed by atoms with Gasteiger partial charge in [0, 0.05) is 20.6 Å². The first-order chi connectivity index (χ1) is 12.5. The average molecular weight is 376 g/mol. The van der Waals surface area contributed by atoms with Gasteiger partial charge in [-0.2, -0.15) is 15.0 Å². The van der Waals surface area contributed by atoms with Crippen molar-refractivity contribution >= 4 is 29.6 Å². The second-order valence-corrected chi connectivity index (χ2v) is 6.73. The number of nitrogen functional groups attached to an aromatic ring is 1. The summed E-state index contributed by atoms with van der Waals surface area (Å²) in [5.74, 6) is 2.91. The number of carbonyl (C=O) groups excluding carboxylic acids is 1. The zero-order valence-electron chi connectivity index (χ0n) is 15.2. The summed E-state index contributed by atoms with van der Waals surface area (Å²) in [5, 5.41) is 2.91. The van der Waals surface area contributed by atoms with Crippen LogP contribution in [0.15, 0.2) is 24.3 Å². The third-order valence-electron chi connectivity index (χ3n) is 3.45. The number of thioether (sulfide) groups is 1. The van der Waals surface area contributed by atoms with Crippen LogP contribution < -0.4 is 20.7 Å². The van der Waals surface area contributed by atoms with E-state index in [0.29, 0.717) is 29.8 Å². The van der Waals surface area contributed by atoms with Crippen LogP contribution in [-0.2, 0) is 17.0 Å². The molecule has 140 valence electrons. The molecule has 0 aliphatic heterocycles. The van der Waals surface area contributed by atoms with Crippen LogP contribution in [0.1, 0.15) is 11.4 Å². The second kappa shape index (κ2) is 9.81. The minimum absolute atomic E-state index is 0.0154. The lowest BCUT2D eigenvalue weighted by atomic mass is 10.1. The number of rotatable bonds is 9. The number of nitrogens with two attached hydrogens (primary N) is 1. The maximum Gasteiger partial charge on any atom is 0.230 e. The first-order valence-electron chi connectivity index (χ1n) is 8.13. The van der Waals surface area contributed by atoms with Crippen LogP contribution in [0.5, 0.6) is 5.75 Å². The van der Waals surface area contributed by atoms with Crippen molar-refractivity contribution in [3.05, 3.63) is 35.7 Å². The van der Waals surface area contributed by atoms with Gasteiger partial charge in [-0.1, -0.05) is 12.1 Å². The summed E-state index contributed by atoms with van der Waals surface area (Å²) in [4.78, 5) is 26.1. The van der Waals surface area contributed by atoms with E-state index in [-0.39, 0.29) is 11.9 Å². The number of ether oxygens (including phenoxy) is 1. The quantitative estimate of drug-likeness (QED) is 0.671. The SMILES string of the molecule is COc1ccc(CCNC(=O)CSCc2nc(N)nc(N(C)C)n2)cc1. The Kier molecular flexibility index (Phi) is 7.46. The van der Waals surface area contributed by atoms with Gasteiger partial charge in [0.2, 0.25) is 17.8 Å². The molecular weight excluding hydrogens is 352 g/mol. The van der Waals surface area contributed by atoms with E-state index >= 15 is 0 Å². The van der Waals surface area contributed by atoms with Crippen molar-refractivity contribution in [2.75, 3.05) is 44.1 Å². The van der Waals surface area contributed by atoms with Crippen molar-refractivity contribution in [1.29, 1.82) is 0 Å². The maximum absolute atomic E-state index is 11.9. The van der Waals surface area contributed by atoms with Crippen molar-refractivity contribution in [2.45, 2.75) is 12.2 Å². The Morgan fingerprint density at radius 1 is 1.23 bits per heavy atom. The van der Waals surface area contributed by atoms with Crippen LogP contribution in [-0.4, -0.2) is 54.4 Å². The monoisotopic (exact) mass is 376 g/mol. The Morgan fingerprint density at radius 3 is 2.62 bits per heavy atom. The molecule has 0 unspecified atom stereocenters. The number of aromatic nitrogens is 3. The van der Waals surface area contributed by atoms with E-state index in [1.54, 1.807) is 12.0 Å². The van der Waals surface area contributed by atoms with Gasteiger partial charge in [-0.05, 0) is 24.1 Å². The fraction of sp³-hybridized carbons (Fsp3) is 0.412. The highest BCUT2D eigenvalue weighted by Crippen LogP contribution is 2.13. The zero-order valence-corrected chi connectivity index (χ0v) is 16.0. The number of hydrogen-bond acceptors (Lipinski definition) is 8. The highest BCUT2D eigenvalue weighted by Gasteiger charge is 2.08. The molecule has 8 nitrogen and oxygen atoms in total. The van der Waals surface area contributed by atoms with Gasteiger partial charge < -0.3 is 20.7 Å². The van der Waals surface area contributed by atoms with Crippen LogP contribution in [0.4, 0.5) is 11.9 Å². The minimum atomic E-state index is -0.0154. The van der Waals surface area contributed by atoms with Gasteiger partial charge in [-0.25, -0.2) is 0 Å². The first-order valence-corrected chi connectivity index (χ1v) is 9.28. The van der Waals surface area contributed by atoms with E-state index in [1.807, 2.05) is 38.4 Å². The number of nitrogens with one attached hydrogen (secondary N) is 1. The lowest BCUT2D eigenvalue weighted by Crippen LogP contribution is -2.27. The summed E-state index contributed by atoms with van der Waals surface area (Å²) in [6, 6.07) is 7.81. The average Bonchev–Trinajstić information content (AvgIpc) is 2.62. The van der Waals surface area contributed by atoms with E-state index in [1.165, 1.54) is 11.8 Å². The zero-order chi connectivity index (χ0) is 18.9. The van der Waals surface area contributed by atoms with Crippen LogP contribution in [0.25, 0.3) is 0 Å². The van der Waals surface area contributed by atoms with Crippen molar-refractivity contribution in [2.24, 2.45) is 0 Å². The lowest BCUT2D eigenvalue weighted by Gasteiger charge is -2.11. The summed E-state index contributed by atoms with van der Waals surface area (Å²) >= 11 is 1.44. The normalized spacial score (nSPS) is 10.4. The number of anilines is 2. The predicted octanol–water partition coefficient (Wildman–Crippen LogP) is 1.12. The van der Waals surface area contributed by atoms with Crippen LogP contribution >= 0.6 is 11.8 Å². The Balaban J connectivity index is 1.70. The third-order valence-corrected chi connectivity index (χ3v) is 4.38. The number of carbonyl (C=O) groups is 1. The van der Waals surface area contributed by atoms with E-state index < -0.39 is 0 Å². The van der Waals surface area contributed by atoms with Gasteiger partial charge in [-0.3, -0.25) is 4.79 Å². The molecule has 1 aromatic heterocycles. The number of nitrogens with zero attached hydrogens (tertiary/aromatic N) is 4. The summed E-state index contributed by atoms with van der Waals surface area (Å²) < 4.78 is 5.12. The van der Waals surface area contributed by atoms with Crippen LogP contribution in [0, 0.1) is 0 Å². The molecule has 0 spiro atoms. The number of methoxy groups -OCH3 is 1. The highest BCUT2D eigenvalue weighted by molar-refractivity contribution is 7.99. The molecule has 2 rings (SSSR count). The number of hydrogen-bond donors (Lipinski definition) is 2. The van der Waals surface area contributed by atoms with Gasteiger partial charge in [0.05, 0.1) is 18.6 Å². The summed E-state index contributed by atoms with van der Waals surface area (Å²) in [7, 11) is 5.31. The molecule has 0 atom stereocenters. The van der Waals surface area contributed by atoms with Gasteiger partial charge in [0.25, 0.3) is 0 Å². The van der Waals surface area contributed by atoms with E-state index in [4.69, 9.17) is 10.5 Å². The Hall–Kier alpha value is -2.55. The largest absolute Gasteiger partial charge is 0.497 e. The van der Waals surface area contributed by atoms with Gasteiger partial charge in [-0.15, -0.1) is 11.8 Å². The second-order valence-electron chi connectivity index (χ2n) is 5.75. The fourth-order valence-electron chi connectivity index (χ4n) is 2.11. The highest BCUT2D eigenvalue weighted by atomic mass is 32.2. The Labute approximate surface area is 157 Å². The molecule has 9 heteroatoms. The molecule has 0 bridgehead atoms. The molecule has 0 saturated carbocycles. The molecule has 2 aromatic rings. The van der Waals surface area contributed by atoms with Gasteiger partial charge >= 0.3 is 0 Å². The van der Waals surface area contributed by atoms with Crippen molar-refractivity contribution in [3.8, 4) is 5.75 Å². The van der Waals surface area contributed by atoms with E-state index in [0.717, 1.165) is 17.7 Å². The first kappa shape index (κ1) is 19.8. The number of benzene rings is 1. The summed E-state index contributed by atoms with van der Waals surface area (Å²) in [6.45, 7) is 0.592. The van der Waals surface area contributed by atoms with Crippen molar-refractivity contribution in [3.63, 3.8) is 0 Å².